The number of carbonyl (C=O) groups is 4. The van der Waals surface area contributed by atoms with Crippen molar-refractivity contribution in [2.75, 3.05) is 52.6 Å². The van der Waals surface area contributed by atoms with Crippen LogP contribution in [0, 0.1) is 11.8 Å². The third-order valence-electron chi connectivity index (χ3n) is 7.21. The summed E-state index contributed by atoms with van der Waals surface area (Å²) in [4.78, 5) is 56.8. The standard InChI is InChI=1S/C32H42N2O8/c1-5-39-29(35)25(30(36)40-6-2)27(23-15-11-9-12-16-23)33-19-21-34(22-20-33)28(24-17-13-10-14-18-24)26(31(37)41-7-3)32(38)42-8-4/h9-18,25-28H,5-8,19-22H2,1-4H3/t27-,28-/m0/s1. The first kappa shape index (κ1) is 32.8. The molecule has 0 bridgehead atoms. The van der Waals surface area contributed by atoms with Crippen LogP contribution in [0.2, 0.25) is 0 Å². The van der Waals surface area contributed by atoms with Gasteiger partial charge in [0.2, 0.25) is 0 Å². The highest BCUT2D eigenvalue weighted by Crippen LogP contribution is 2.36. The minimum Gasteiger partial charge on any atom is -0.465 e. The van der Waals surface area contributed by atoms with Crippen molar-refractivity contribution in [1.29, 1.82) is 0 Å². The Hall–Kier alpha value is -3.76. The third-order valence-corrected chi connectivity index (χ3v) is 7.21. The Morgan fingerprint density at radius 2 is 0.786 bits per heavy atom. The van der Waals surface area contributed by atoms with Gasteiger partial charge >= 0.3 is 23.9 Å². The maximum Gasteiger partial charge on any atom is 0.322 e. The Bertz CT molecular complexity index is 1020. The maximum absolute atomic E-state index is 13.2. The molecule has 1 aliphatic heterocycles. The van der Waals surface area contributed by atoms with E-state index in [1.165, 1.54) is 0 Å². The number of rotatable bonds is 14. The summed E-state index contributed by atoms with van der Waals surface area (Å²) in [5, 5.41) is 0. The summed E-state index contributed by atoms with van der Waals surface area (Å²) in [6.45, 7) is 9.08. The second kappa shape index (κ2) is 16.6. The number of hydrogen-bond donors (Lipinski definition) is 0. The smallest absolute Gasteiger partial charge is 0.322 e. The summed E-state index contributed by atoms with van der Waals surface area (Å²) < 4.78 is 21.3. The van der Waals surface area contributed by atoms with E-state index in [0.717, 1.165) is 11.1 Å². The molecule has 1 heterocycles. The van der Waals surface area contributed by atoms with Crippen LogP contribution in [-0.4, -0.2) is 86.3 Å². The van der Waals surface area contributed by atoms with Gasteiger partial charge in [0.1, 0.15) is 0 Å². The molecule has 42 heavy (non-hydrogen) atoms. The topological polar surface area (TPSA) is 112 Å². The molecule has 10 heteroatoms. The van der Waals surface area contributed by atoms with Gasteiger partial charge in [-0.25, -0.2) is 0 Å². The van der Waals surface area contributed by atoms with Crippen molar-refractivity contribution < 1.29 is 38.1 Å². The number of piperazine rings is 1. The number of carbonyl (C=O) groups excluding carboxylic acids is 4. The van der Waals surface area contributed by atoms with Gasteiger partial charge in [-0.05, 0) is 38.8 Å². The van der Waals surface area contributed by atoms with Gasteiger partial charge in [-0.3, -0.25) is 29.0 Å². The summed E-state index contributed by atoms with van der Waals surface area (Å²) in [6.07, 6.45) is 0. The van der Waals surface area contributed by atoms with Gasteiger partial charge in [0.05, 0.1) is 38.5 Å². The molecule has 0 aromatic heterocycles. The molecule has 1 saturated heterocycles. The lowest BCUT2D eigenvalue weighted by atomic mass is 9.89. The van der Waals surface area contributed by atoms with Gasteiger partial charge < -0.3 is 18.9 Å². The van der Waals surface area contributed by atoms with Crippen molar-refractivity contribution in [1.82, 2.24) is 9.80 Å². The number of hydrogen-bond acceptors (Lipinski definition) is 10. The van der Waals surface area contributed by atoms with Crippen molar-refractivity contribution in [2.45, 2.75) is 39.8 Å². The van der Waals surface area contributed by atoms with Crippen molar-refractivity contribution in [3.05, 3.63) is 71.8 Å². The van der Waals surface area contributed by atoms with Crippen LogP contribution in [0.1, 0.15) is 50.9 Å². The predicted octanol–water partition coefficient (Wildman–Crippen LogP) is 3.57. The Kier molecular flexibility index (Phi) is 13.0. The van der Waals surface area contributed by atoms with Crippen molar-refractivity contribution in [2.24, 2.45) is 11.8 Å². The van der Waals surface area contributed by atoms with Gasteiger partial charge in [0, 0.05) is 26.2 Å². The molecule has 2 aromatic carbocycles. The molecule has 0 unspecified atom stereocenters. The van der Waals surface area contributed by atoms with E-state index in [2.05, 4.69) is 9.80 Å². The van der Waals surface area contributed by atoms with Gasteiger partial charge in [0.15, 0.2) is 11.8 Å². The maximum atomic E-state index is 13.2. The van der Waals surface area contributed by atoms with Gasteiger partial charge in [-0.2, -0.15) is 0 Å². The lowest BCUT2D eigenvalue weighted by molar-refractivity contribution is -0.169. The fraction of sp³-hybridized carbons (Fsp3) is 0.500. The Labute approximate surface area is 247 Å². The van der Waals surface area contributed by atoms with Crippen molar-refractivity contribution in [3.63, 3.8) is 0 Å². The highest BCUT2D eigenvalue weighted by molar-refractivity contribution is 5.96. The van der Waals surface area contributed by atoms with Crippen LogP contribution in [-0.2, 0) is 38.1 Å². The fourth-order valence-corrected chi connectivity index (χ4v) is 5.46. The Morgan fingerprint density at radius 3 is 1.02 bits per heavy atom. The number of benzene rings is 2. The molecule has 0 spiro atoms. The average molecular weight is 583 g/mol. The normalized spacial score (nSPS) is 15.6. The second-order valence-electron chi connectivity index (χ2n) is 9.75. The van der Waals surface area contributed by atoms with Crippen LogP contribution in [0.5, 0.6) is 0 Å². The second-order valence-corrected chi connectivity index (χ2v) is 9.75. The molecule has 1 aliphatic rings. The monoisotopic (exact) mass is 582 g/mol. The molecular weight excluding hydrogens is 540 g/mol. The van der Waals surface area contributed by atoms with Crippen LogP contribution in [0.15, 0.2) is 60.7 Å². The SMILES string of the molecule is CCOC(=O)C(C(=O)OCC)[C@H](c1ccccc1)N1CCN([C@@H](c2ccccc2)C(C(=O)OCC)C(=O)OCC)CC1. The molecule has 10 nitrogen and oxygen atoms in total. The molecule has 0 amide bonds. The molecule has 2 aromatic rings. The Balaban J connectivity index is 1.97. The van der Waals surface area contributed by atoms with Crippen molar-refractivity contribution in [3.8, 4) is 0 Å². The summed E-state index contributed by atoms with van der Waals surface area (Å²) in [6, 6.07) is 17.5. The molecule has 0 radical (unpaired) electrons. The quantitative estimate of drug-likeness (QED) is 0.186. The zero-order valence-corrected chi connectivity index (χ0v) is 24.9. The largest absolute Gasteiger partial charge is 0.465 e. The van der Waals surface area contributed by atoms with E-state index in [1.807, 2.05) is 60.7 Å². The van der Waals surface area contributed by atoms with E-state index in [0.29, 0.717) is 26.2 Å². The minimum absolute atomic E-state index is 0.131. The molecular formula is C32H42N2O8. The molecule has 2 atom stereocenters. The average Bonchev–Trinajstić information content (AvgIpc) is 3.00. The fourth-order valence-electron chi connectivity index (χ4n) is 5.46. The highest BCUT2D eigenvalue weighted by atomic mass is 16.6. The first-order chi connectivity index (χ1) is 20.4. The van der Waals surface area contributed by atoms with E-state index in [-0.39, 0.29) is 26.4 Å². The van der Waals surface area contributed by atoms with Crippen LogP contribution in [0.25, 0.3) is 0 Å². The lowest BCUT2D eigenvalue weighted by Crippen LogP contribution is -2.54. The van der Waals surface area contributed by atoms with E-state index in [1.54, 1.807) is 27.7 Å². The summed E-state index contributed by atoms with van der Waals surface area (Å²) >= 11 is 0. The van der Waals surface area contributed by atoms with Crippen molar-refractivity contribution >= 4 is 23.9 Å². The third kappa shape index (κ3) is 8.17. The Morgan fingerprint density at radius 1 is 0.524 bits per heavy atom. The lowest BCUT2D eigenvalue weighted by Gasteiger charge is -2.44. The molecule has 1 fully saturated rings. The molecule has 0 saturated carbocycles. The van der Waals surface area contributed by atoms with Gasteiger partial charge in [0.25, 0.3) is 0 Å². The molecule has 228 valence electrons. The molecule has 0 aliphatic carbocycles. The van der Waals surface area contributed by atoms with Crippen LogP contribution < -0.4 is 0 Å². The van der Waals surface area contributed by atoms with Gasteiger partial charge in [-0.1, -0.05) is 60.7 Å². The summed E-state index contributed by atoms with van der Waals surface area (Å²) in [5.41, 5.74) is 1.57. The van der Waals surface area contributed by atoms with Gasteiger partial charge in [-0.15, -0.1) is 0 Å². The number of ether oxygens (including phenoxy) is 4. The van der Waals surface area contributed by atoms with E-state index in [9.17, 15) is 19.2 Å². The van der Waals surface area contributed by atoms with E-state index in [4.69, 9.17) is 18.9 Å². The highest BCUT2D eigenvalue weighted by Gasteiger charge is 2.46. The number of nitrogens with zero attached hydrogens (tertiary/aromatic N) is 2. The zero-order chi connectivity index (χ0) is 30.5. The first-order valence-corrected chi connectivity index (χ1v) is 14.6. The zero-order valence-electron chi connectivity index (χ0n) is 24.9. The summed E-state index contributed by atoms with van der Waals surface area (Å²) in [7, 11) is 0. The van der Waals surface area contributed by atoms with Crippen LogP contribution >= 0.6 is 0 Å². The summed E-state index contributed by atoms with van der Waals surface area (Å²) in [5.74, 6) is -4.93. The molecule has 3 rings (SSSR count). The predicted molar refractivity (Wildman–Crippen MR) is 155 cm³/mol. The number of esters is 4. The first-order valence-electron chi connectivity index (χ1n) is 14.6. The minimum atomic E-state index is -1.18. The van der Waals surface area contributed by atoms with E-state index < -0.39 is 47.8 Å². The van der Waals surface area contributed by atoms with Crippen LogP contribution in [0.3, 0.4) is 0 Å². The molecule has 0 N–H and O–H groups in total. The van der Waals surface area contributed by atoms with E-state index >= 15 is 0 Å². The van der Waals surface area contributed by atoms with Crippen LogP contribution in [0.4, 0.5) is 0 Å².